The summed E-state index contributed by atoms with van der Waals surface area (Å²) in [4.78, 5) is 13.1. The zero-order chi connectivity index (χ0) is 11.7. The second-order valence-electron chi connectivity index (χ2n) is 4.20. The molecule has 84 valence electrons. The first-order chi connectivity index (χ1) is 7.58. The van der Waals surface area contributed by atoms with Gasteiger partial charge >= 0.3 is 0 Å². The van der Waals surface area contributed by atoms with Gasteiger partial charge in [0.2, 0.25) is 5.91 Å². The van der Waals surface area contributed by atoms with Gasteiger partial charge in [0.1, 0.15) is 5.82 Å². The number of hydrogen-bond donors (Lipinski definition) is 0. The Morgan fingerprint density at radius 2 is 2.12 bits per heavy atom. The van der Waals surface area contributed by atoms with Crippen LogP contribution in [0.3, 0.4) is 0 Å². The van der Waals surface area contributed by atoms with Crippen molar-refractivity contribution in [3.05, 3.63) is 41.2 Å². The minimum Gasteiger partial charge on any atom is -0.345 e. The summed E-state index contributed by atoms with van der Waals surface area (Å²) in [5, 5.41) is 0. The van der Waals surface area contributed by atoms with Gasteiger partial charge in [-0.05, 0) is 41.7 Å². The number of nitrogens with zero attached hydrogens (tertiary/aromatic N) is 1. The molecule has 2 nitrogen and oxygen atoms in total. The molecule has 0 aliphatic heterocycles. The fourth-order valence-corrected chi connectivity index (χ4v) is 1.90. The zero-order valence-electron chi connectivity index (χ0n) is 9.46. The number of likely N-dealkylation sites (N-methyl/N-ethyl adjacent to an activating group) is 1. The monoisotopic (exact) mass is 219 g/mol. The van der Waals surface area contributed by atoms with E-state index < -0.39 is 0 Å². The largest absolute Gasteiger partial charge is 0.345 e. The van der Waals surface area contributed by atoms with E-state index in [0.717, 1.165) is 29.5 Å². The highest BCUT2D eigenvalue weighted by Crippen LogP contribution is 2.32. The van der Waals surface area contributed by atoms with Gasteiger partial charge in [-0.25, -0.2) is 4.39 Å². The lowest BCUT2D eigenvalue weighted by atomic mass is 10.1. The second kappa shape index (κ2) is 4.08. The summed E-state index contributed by atoms with van der Waals surface area (Å²) in [7, 11) is 3.42. The first-order valence-electron chi connectivity index (χ1n) is 5.28. The average Bonchev–Trinajstić information content (AvgIpc) is 2.61. The molecule has 16 heavy (non-hydrogen) atoms. The van der Waals surface area contributed by atoms with E-state index >= 15 is 0 Å². The molecule has 0 fully saturated rings. The Kier molecular flexibility index (Phi) is 2.77. The highest BCUT2D eigenvalue weighted by atomic mass is 19.1. The van der Waals surface area contributed by atoms with Crippen LogP contribution >= 0.6 is 0 Å². The SMILES string of the molecule is CN(C)C(=O)/C=C1/CCc2ccc(F)cc21. The molecule has 0 aromatic heterocycles. The van der Waals surface area contributed by atoms with E-state index in [1.54, 1.807) is 26.2 Å². The van der Waals surface area contributed by atoms with Crippen LogP contribution in [0.1, 0.15) is 17.5 Å². The maximum atomic E-state index is 13.1. The molecule has 0 atom stereocenters. The van der Waals surface area contributed by atoms with Gasteiger partial charge < -0.3 is 4.90 Å². The second-order valence-corrected chi connectivity index (χ2v) is 4.20. The van der Waals surface area contributed by atoms with Gasteiger partial charge in [-0.15, -0.1) is 0 Å². The van der Waals surface area contributed by atoms with E-state index in [9.17, 15) is 9.18 Å². The summed E-state index contributed by atoms with van der Waals surface area (Å²) >= 11 is 0. The van der Waals surface area contributed by atoms with Gasteiger partial charge in [-0.3, -0.25) is 4.79 Å². The standard InChI is InChI=1S/C13H14FNO/c1-15(2)13(16)7-10-4-3-9-5-6-11(14)8-12(9)10/h5-8H,3-4H2,1-2H3/b10-7-. The van der Waals surface area contributed by atoms with Crippen molar-refractivity contribution in [3.8, 4) is 0 Å². The Bertz CT molecular complexity index is 463. The van der Waals surface area contributed by atoms with Crippen LogP contribution in [-0.2, 0) is 11.2 Å². The maximum absolute atomic E-state index is 13.1. The van der Waals surface area contributed by atoms with Gasteiger partial charge in [0, 0.05) is 20.2 Å². The normalized spacial score (nSPS) is 16.3. The molecular weight excluding hydrogens is 205 g/mol. The first kappa shape index (κ1) is 10.9. The molecule has 3 heteroatoms. The van der Waals surface area contributed by atoms with Crippen LogP contribution in [0.2, 0.25) is 0 Å². The average molecular weight is 219 g/mol. The lowest BCUT2D eigenvalue weighted by Crippen LogP contribution is -2.19. The third kappa shape index (κ3) is 1.98. The molecule has 1 amide bonds. The molecule has 2 rings (SSSR count). The van der Waals surface area contributed by atoms with E-state index in [4.69, 9.17) is 0 Å². The quantitative estimate of drug-likeness (QED) is 0.663. The van der Waals surface area contributed by atoms with Crippen molar-refractivity contribution in [1.29, 1.82) is 0 Å². The number of allylic oxidation sites excluding steroid dienone is 1. The highest BCUT2D eigenvalue weighted by molar-refractivity contribution is 5.96. The number of benzene rings is 1. The Morgan fingerprint density at radius 1 is 1.38 bits per heavy atom. The van der Waals surface area contributed by atoms with Gasteiger partial charge in [0.15, 0.2) is 0 Å². The minimum absolute atomic E-state index is 0.0490. The lowest BCUT2D eigenvalue weighted by Gasteiger charge is -2.07. The number of halogens is 1. The van der Waals surface area contributed by atoms with E-state index in [1.807, 2.05) is 0 Å². The van der Waals surface area contributed by atoms with Crippen molar-refractivity contribution in [3.63, 3.8) is 0 Å². The molecule has 0 N–H and O–H groups in total. The summed E-state index contributed by atoms with van der Waals surface area (Å²) in [6.45, 7) is 0. The van der Waals surface area contributed by atoms with Gasteiger partial charge in [-0.2, -0.15) is 0 Å². The Labute approximate surface area is 94.4 Å². The molecule has 1 aliphatic rings. The third-order valence-corrected chi connectivity index (χ3v) is 2.82. The molecular formula is C13H14FNO. The summed E-state index contributed by atoms with van der Waals surface area (Å²) in [6.07, 6.45) is 3.31. The van der Waals surface area contributed by atoms with Crippen molar-refractivity contribution >= 4 is 11.5 Å². The number of rotatable bonds is 1. The topological polar surface area (TPSA) is 20.3 Å². The van der Waals surface area contributed by atoms with Crippen LogP contribution in [0.15, 0.2) is 24.3 Å². The number of hydrogen-bond acceptors (Lipinski definition) is 1. The van der Waals surface area contributed by atoms with Gasteiger partial charge in [0.25, 0.3) is 0 Å². The fourth-order valence-electron chi connectivity index (χ4n) is 1.90. The maximum Gasteiger partial charge on any atom is 0.246 e. The van der Waals surface area contributed by atoms with E-state index in [1.165, 1.54) is 17.0 Å². The smallest absolute Gasteiger partial charge is 0.246 e. The number of carbonyl (C=O) groups excluding carboxylic acids is 1. The van der Waals surface area contributed by atoms with Crippen molar-refractivity contribution in [2.75, 3.05) is 14.1 Å². The van der Waals surface area contributed by atoms with Crippen LogP contribution in [0, 0.1) is 5.82 Å². The van der Waals surface area contributed by atoms with Crippen molar-refractivity contribution < 1.29 is 9.18 Å². The van der Waals surface area contributed by atoms with E-state index in [0.29, 0.717) is 0 Å². The van der Waals surface area contributed by atoms with Crippen molar-refractivity contribution in [2.45, 2.75) is 12.8 Å². The summed E-state index contributed by atoms with van der Waals surface area (Å²) in [5.74, 6) is -0.295. The van der Waals surface area contributed by atoms with Gasteiger partial charge in [0.05, 0.1) is 0 Å². The Morgan fingerprint density at radius 3 is 2.81 bits per heavy atom. The predicted molar refractivity (Wildman–Crippen MR) is 61.4 cm³/mol. The molecule has 0 saturated carbocycles. The molecule has 1 aliphatic carbocycles. The molecule has 0 bridgehead atoms. The highest BCUT2D eigenvalue weighted by Gasteiger charge is 2.17. The number of aryl methyl sites for hydroxylation is 1. The Balaban J connectivity index is 2.36. The number of carbonyl (C=O) groups is 1. The summed E-state index contributed by atoms with van der Waals surface area (Å²) in [6, 6.07) is 4.78. The van der Waals surface area contributed by atoms with Crippen LogP contribution in [0.4, 0.5) is 4.39 Å². The molecule has 1 aromatic rings. The molecule has 0 spiro atoms. The van der Waals surface area contributed by atoms with E-state index in [2.05, 4.69) is 0 Å². The first-order valence-corrected chi connectivity index (χ1v) is 5.28. The molecule has 1 aromatic carbocycles. The third-order valence-electron chi connectivity index (χ3n) is 2.82. The van der Waals surface area contributed by atoms with Crippen LogP contribution in [0.25, 0.3) is 5.57 Å². The van der Waals surface area contributed by atoms with Crippen LogP contribution < -0.4 is 0 Å². The fraction of sp³-hybridized carbons (Fsp3) is 0.308. The number of amides is 1. The summed E-state index contributed by atoms with van der Waals surface area (Å²) in [5.41, 5.74) is 2.95. The Hall–Kier alpha value is -1.64. The number of fused-ring (bicyclic) bond motifs is 1. The molecule has 0 radical (unpaired) electrons. The molecule has 0 heterocycles. The molecule has 0 saturated heterocycles. The molecule has 0 unspecified atom stereocenters. The predicted octanol–water partition coefficient (Wildman–Crippen LogP) is 2.24. The van der Waals surface area contributed by atoms with Crippen molar-refractivity contribution in [2.24, 2.45) is 0 Å². The van der Waals surface area contributed by atoms with Crippen molar-refractivity contribution in [1.82, 2.24) is 4.90 Å². The zero-order valence-corrected chi connectivity index (χ0v) is 9.46. The van der Waals surface area contributed by atoms with E-state index in [-0.39, 0.29) is 11.7 Å². The van der Waals surface area contributed by atoms with Gasteiger partial charge in [-0.1, -0.05) is 6.07 Å². The summed E-state index contributed by atoms with van der Waals surface area (Å²) < 4.78 is 13.1. The lowest BCUT2D eigenvalue weighted by molar-refractivity contribution is -0.123. The van der Waals surface area contributed by atoms with Crippen LogP contribution in [-0.4, -0.2) is 24.9 Å². The minimum atomic E-state index is -0.246. The van der Waals surface area contributed by atoms with Crippen LogP contribution in [0.5, 0.6) is 0 Å².